The van der Waals surface area contributed by atoms with Crippen molar-refractivity contribution in [2.75, 3.05) is 13.2 Å². The number of nitrogens with two attached hydrogens (primary N) is 1. The molecule has 0 bridgehead atoms. The second-order valence-corrected chi connectivity index (χ2v) is 6.03. The summed E-state index contributed by atoms with van der Waals surface area (Å²) < 4.78 is 12.5. The SMILES string of the molecule is CCCOCC(N)c1noc(-c2cc(Br)ccc2Br)n1. The van der Waals surface area contributed by atoms with Crippen molar-refractivity contribution in [3.8, 4) is 11.5 Å². The van der Waals surface area contributed by atoms with E-state index in [9.17, 15) is 0 Å². The molecular weight excluding hydrogens is 390 g/mol. The first-order valence-electron chi connectivity index (χ1n) is 6.24. The van der Waals surface area contributed by atoms with Gasteiger partial charge in [0.2, 0.25) is 0 Å². The summed E-state index contributed by atoms with van der Waals surface area (Å²) in [6, 6.07) is 5.36. The van der Waals surface area contributed by atoms with Crippen LogP contribution < -0.4 is 5.73 Å². The molecule has 1 heterocycles. The molecule has 108 valence electrons. The Hall–Kier alpha value is -0.760. The minimum Gasteiger partial charge on any atom is -0.379 e. The van der Waals surface area contributed by atoms with Gasteiger partial charge in [-0.3, -0.25) is 0 Å². The summed E-state index contributed by atoms with van der Waals surface area (Å²) in [4.78, 5) is 4.33. The quantitative estimate of drug-likeness (QED) is 0.743. The number of benzene rings is 1. The van der Waals surface area contributed by atoms with E-state index in [0.29, 0.717) is 24.9 Å². The molecule has 1 atom stereocenters. The van der Waals surface area contributed by atoms with Crippen LogP contribution in [0.1, 0.15) is 25.2 Å². The predicted octanol–water partition coefficient (Wildman–Crippen LogP) is 3.69. The summed E-state index contributed by atoms with van der Waals surface area (Å²) >= 11 is 6.88. The van der Waals surface area contributed by atoms with Gasteiger partial charge < -0.3 is 15.0 Å². The molecule has 0 amide bonds. The average Bonchev–Trinajstić information content (AvgIpc) is 2.91. The number of aromatic nitrogens is 2. The van der Waals surface area contributed by atoms with Crippen LogP contribution in [-0.2, 0) is 4.74 Å². The first-order valence-corrected chi connectivity index (χ1v) is 7.82. The summed E-state index contributed by atoms with van der Waals surface area (Å²) in [5.74, 6) is 0.877. The Kier molecular flexibility index (Phi) is 5.71. The summed E-state index contributed by atoms with van der Waals surface area (Å²) in [6.07, 6.45) is 0.954. The molecule has 0 saturated carbocycles. The van der Waals surface area contributed by atoms with Crippen molar-refractivity contribution < 1.29 is 9.26 Å². The molecule has 1 aromatic heterocycles. The van der Waals surface area contributed by atoms with Crippen LogP contribution in [0.3, 0.4) is 0 Å². The van der Waals surface area contributed by atoms with Crippen molar-refractivity contribution in [2.24, 2.45) is 5.73 Å². The Morgan fingerprint density at radius 1 is 1.40 bits per heavy atom. The molecule has 1 unspecified atom stereocenters. The van der Waals surface area contributed by atoms with Gasteiger partial charge in [-0.1, -0.05) is 28.0 Å². The van der Waals surface area contributed by atoms with Crippen LogP contribution in [0.4, 0.5) is 0 Å². The molecule has 0 aliphatic rings. The van der Waals surface area contributed by atoms with E-state index in [-0.39, 0.29) is 6.04 Å². The van der Waals surface area contributed by atoms with Crippen molar-refractivity contribution in [1.82, 2.24) is 10.1 Å². The Morgan fingerprint density at radius 3 is 2.95 bits per heavy atom. The third-order valence-corrected chi connectivity index (χ3v) is 3.76. The van der Waals surface area contributed by atoms with E-state index in [1.807, 2.05) is 25.1 Å². The molecular formula is C13H15Br2N3O2. The lowest BCUT2D eigenvalue weighted by Crippen LogP contribution is -2.18. The lowest BCUT2D eigenvalue weighted by Gasteiger charge is -2.06. The third kappa shape index (κ3) is 3.88. The van der Waals surface area contributed by atoms with Crippen molar-refractivity contribution in [2.45, 2.75) is 19.4 Å². The maximum absolute atomic E-state index is 5.96. The lowest BCUT2D eigenvalue weighted by atomic mass is 10.2. The van der Waals surface area contributed by atoms with Gasteiger partial charge in [0.1, 0.15) is 0 Å². The number of rotatable bonds is 6. The zero-order chi connectivity index (χ0) is 14.5. The lowest BCUT2D eigenvalue weighted by molar-refractivity contribution is 0.119. The van der Waals surface area contributed by atoms with Crippen LogP contribution in [0.15, 0.2) is 31.7 Å². The first kappa shape index (κ1) is 15.6. The zero-order valence-corrected chi connectivity index (χ0v) is 14.1. The minimum absolute atomic E-state index is 0.381. The number of hydrogen-bond donors (Lipinski definition) is 1. The third-order valence-electron chi connectivity index (χ3n) is 2.58. The van der Waals surface area contributed by atoms with Crippen LogP contribution in [0, 0.1) is 0 Å². The fraction of sp³-hybridized carbons (Fsp3) is 0.385. The van der Waals surface area contributed by atoms with Gasteiger partial charge >= 0.3 is 0 Å². The van der Waals surface area contributed by atoms with Gasteiger partial charge in [0.15, 0.2) is 5.82 Å². The van der Waals surface area contributed by atoms with Crippen LogP contribution in [0.25, 0.3) is 11.5 Å². The Labute approximate surface area is 134 Å². The summed E-state index contributed by atoms with van der Waals surface area (Å²) in [6.45, 7) is 3.10. The molecule has 5 nitrogen and oxygen atoms in total. The van der Waals surface area contributed by atoms with E-state index in [2.05, 4.69) is 42.0 Å². The maximum atomic E-state index is 5.96. The van der Waals surface area contributed by atoms with Crippen LogP contribution >= 0.6 is 31.9 Å². The molecule has 1 aromatic carbocycles. The largest absolute Gasteiger partial charge is 0.379 e. The molecule has 0 spiro atoms. The van der Waals surface area contributed by atoms with Gasteiger partial charge in [-0.15, -0.1) is 0 Å². The Morgan fingerprint density at radius 2 is 2.20 bits per heavy atom. The van der Waals surface area contributed by atoms with Crippen molar-refractivity contribution >= 4 is 31.9 Å². The van der Waals surface area contributed by atoms with Gasteiger partial charge in [0.05, 0.1) is 18.2 Å². The molecule has 2 N–H and O–H groups in total. The summed E-state index contributed by atoms with van der Waals surface area (Å²) in [7, 11) is 0. The van der Waals surface area contributed by atoms with Gasteiger partial charge in [0.25, 0.3) is 5.89 Å². The second-order valence-electron chi connectivity index (χ2n) is 4.26. The molecule has 0 aliphatic carbocycles. The highest BCUT2D eigenvalue weighted by Crippen LogP contribution is 2.30. The van der Waals surface area contributed by atoms with Crippen molar-refractivity contribution in [3.05, 3.63) is 33.0 Å². The second kappa shape index (κ2) is 7.31. The monoisotopic (exact) mass is 403 g/mol. The predicted molar refractivity (Wildman–Crippen MR) is 83.2 cm³/mol. The molecule has 0 aliphatic heterocycles. The molecule has 2 aromatic rings. The minimum atomic E-state index is -0.384. The topological polar surface area (TPSA) is 74.2 Å². The van der Waals surface area contributed by atoms with E-state index in [1.54, 1.807) is 0 Å². The van der Waals surface area contributed by atoms with Gasteiger partial charge in [-0.2, -0.15) is 4.98 Å². The molecule has 0 saturated heterocycles. The first-order chi connectivity index (χ1) is 9.61. The van der Waals surface area contributed by atoms with Crippen LogP contribution in [0.5, 0.6) is 0 Å². The number of halogens is 2. The van der Waals surface area contributed by atoms with E-state index < -0.39 is 0 Å². The van der Waals surface area contributed by atoms with Crippen LogP contribution in [-0.4, -0.2) is 23.4 Å². The molecule has 20 heavy (non-hydrogen) atoms. The van der Waals surface area contributed by atoms with E-state index >= 15 is 0 Å². The maximum Gasteiger partial charge on any atom is 0.259 e. The highest BCUT2D eigenvalue weighted by molar-refractivity contribution is 9.11. The highest BCUT2D eigenvalue weighted by Gasteiger charge is 2.17. The van der Waals surface area contributed by atoms with E-state index in [4.69, 9.17) is 15.0 Å². The van der Waals surface area contributed by atoms with Crippen molar-refractivity contribution in [1.29, 1.82) is 0 Å². The number of ether oxygens (including phenoxy) is 1. The Bertz CT molecular complexity index is 574. The standard InChI is InChI=1S/C13H15Br2N3O2/c1-2-5-19-7-11(16)12-17-13(20-18-12)9-6-8(14)3-4-10(9)15/h3-4,6,11H,2,5,7,16H2,1H3. The molecule has 2 rings (SSSR count). The normalized spacial score (nSPS) is 12.6. The highest BCUT2D eigenvalue weighted by atomic mass is 79.9. The Balaban J connectivity index is 2.14. The number of nitrogens with zero attached hydrogens (tertiary/aromatic N) is 2. The fourth-order valence-corrected chi connectivity index (χ4v) is 2.36. The molecule has 0 radical (unpaired) electrons. The smallest absolute Gasteiger partial charge is 0.259 e. The molecule has 0 fully saturated rings. The average molecular weight is 405 g/mol. The van der Waals surface area contributed by atoms with E-state index in [1.165, 1.54) is 0 Å². The number of hydrogen-bond acceptors (Lipinski definition) is 5. The molecule has 7 heteroatoms. The summed E-state index contributed by atoms with van der Waals surface area (Å²) in [5.41, 5.74) is 6.78. The summed E-state index contributed by atoms with van der Waals surface area (Å²) in [5, 5.41) is 3.91. The van der Waals surface area contributed by atoms with Gasteiger partial charge in [-0.05, 0) is 40.5 Å². The van der Waals surface area contributed by atoms with Gasteiger partial charge in [0, 0.05) is 15.6 Å². The zero-order valence-electron chi connectivity index (χ0n) is 11.0. The van der Waals surface area contributed by atoms with E-state index in [0.717, 1.165) is 20.9 Å². The van der Waals surface area contributed by atoms with Crippen molar-refractivity contribution in [3.63, 3.8) is 0 Å². The van der Waals surface area contributed by atoms with Gasteiger partial charge in [-0.25, -0.2) is 0 Å². The van der Waals surface area contributed by atoms with Crippen LogP contribution in [0.2, 0.25) is 0 Å². The fourth-order valence-electron chi connectivity index (χ4n) is 1.59.